The number of halogens is 1. The normalized spacial score (nSPS) is 17.6. The average Bonchev–Trinajstić information content (AvgIpc) is 3.58. The van der Waals surface area contributed by atoms with Gasteiger partial charge in [0.15, 0.2) is 5.65 Å². The van der Waals surface area contributed by atoms with Crippen LogP contribution in [0.15, 0.2) is 66.2 Å². The van der Waals surface area contributed by atoms with E-state index in [1.54, 1.807) is 22.7 Å². The van der Waals surface area contributed by atoms with Crippen molar-refractivity contribution in [2.75, 3.05) is 6.54 Å². The number of hydrogen-bond acceptors (Lipinski definition) is 5. The topological polar surface area (TPSA) is 112 Å². The van der Waals surface area contributed by atoms with E-state index in [1.807, 2.05) is 23.1 Å². The second-order valence-electron chi connectivity index (χ2n) is 11.5. The Morgan fingerprint density at radius 1 is 1.17 bits per heavy atom. The van der Waals surface area contributed by atoms with Gasteiger partial charge in [0.25, 0.3) is 5.91 Å². The third-order valence-corrected chi connectivity index (χ3v) is 8.63. The summed E-state index contributed by atoms with van der Waals surface area (Å²) in [5, 5.41) is 21.0. The number of fused-ring (bicyclic) bond motifs is 2. The number of carbonyl (C=O) groups is 2. The molecule has 4 aromatic rings. The molecule has 1 aliphatic heterocycles. The van der Waals surface area contributed by atoms with Gasteiger partial charge in [-0.2, -0.15) is 5.10 Å². The first-order valence-corrected chi connectivity index (χ1v) is 14.2. The van der Waals surface area contributed by atoms with Crippen molar-refractivity contribution in [1.82, 2.24) is 19.5 Å². The summed E-state index contributed by atoms with van der Waals surface area (Å²) < 4.78 is 17.1. The third kappa shape index (κ3) is 5.00. The molecule has 0 unspecified atom stereocenters. The van der Waals surface area contributed by atoms with Crippen molar-refractivity contribution < 1.29 is 19.1 Å². The van der Waals surface area contributed by atoms with Crippen molar-refractivity contribution >= 4 is 23.7 Å². The average molecular weight is 566 g/mol. The Balaban J connectivity index is 1.31. The summed E-state index contributed by atoms with van der Waals surface area (Å²) in [7, 11) is 0. The van der Waals surface area contributed by atoms with Gasteiger partial charge in [-0.05, 0) is 73.9 Å². The first-order chi connectivity index (χ1) is 20.2. The highest BCUT2D eigenvalue weighted by molar-refractivity contribution is 6.07. The summed E-state index contributed by atoms with van der Waals surface area (Å²) in [5.74, 6) is -1.72. The van der Waals surface area contributed by atoms with E-state index in [9.17, 15) is 9.59 Å². The van der Waals surface area contributed by atoms with Crippen LogP contribution in [0.2, 0.25) is 0 Å². The Morgan fingerprint density at radius 3 is 2.67 bits per heavy atom. The van der Waals surface area contributed by atoms with E-state index >= 15 is 4.39 Å². The van der Waals surface area contributed by atoms with Crippen molar-refractivity contribution in [2.24, 2.45) is 0 Å². The van der Waals surface area contributed by atoms with Crippen LogP contribution < -0.4 is 0 Å². The van der Waals surface area contributed by atoms with Crippen LogP contribution in [0.4, 0.5) is 4.39 Å². The van der Waals surface area contributed by atoms with E-state index in [0.29, 0.717) is 47.5 Å². The van der Waals surface area contributed by atoms with Crippen molar-refractivity contribution in [3.8, 4) is 11.3 Å². The predicted molar refractivity (Wildman–Crippen MR) is 157 cm³/mol. The minimum atomic E-state index is -1.16. The fraction of sp³-hybridized carbons (Fsp3) is 0.303. The summed E-state index contributed by atoms with van der Waals surface area (Å²) >= 11 is 0. The molecular weight excluding hydrogens is 533 g/mol. The van der Waals surface area contributed by atoms with Gasteiger partial charge in [-0.15, -0.1) is 0 Å². The molecule has 3 heterocycles. The van der Waals surface area contributed by atoms with Gasteiger partial charge in [-0.25, -0.2) is 18.7 Å². The van der Waals surface area contributed by atoms with Crippen molar-refractivity contribution in [1.29, 1.82) is 5.41 Å². The molecule has 1 amide bonds. The van der Waals surface area contributed by atoms with Crippen LogP contribution in [0.5, 0.6) is 0 Å². The SMILES string of the molecule is C[C@@H]1c2ccccc2CCN1C(=O)c1cc(C2(C)CC2)n2nc(-c3ccc(CC/C=C(\C=N)C(=O)O)cc3F)cc2n1. The lowest BCUT2D eigenvalue weighted by Gasteiger charge is -2.35. The zero-order valence-electron chi connectivity index (χ0n) is 23.6. The molecule has 214 valence electrons. The number of carboxylic acid groups (broad SMARTS) is 1. The number of nitrogens with one attached hydrogen (secondary N) is 1. The molecule has 2 aliphatic rings. The van der Waals surface area contributed by atoms with E-state index < -0.39 is 11.8 Å². The zero-order chi connectivity index (χ0) is 29.6. The highest BCUT2D eigenvalue weighted by Crippen LogP contribution is 2.48. The summed E-state index contributed by atoms with van der Waals surface area (Å²) in [6.45, 7) is 4.82. The Bertz CT molecular complexity index is 1770. The van der Waals surface area contributed by atoms with E-state index in [2.05, 4.69) is 26.0 Å². The van der Waals surface area contributed by atoms with Crippen LogP contribution in [0.3, 0.4) is 0 Å². The number of aliphatic carboxylic acids is 1. The number of rotatable bonds is 8. The number of amides is 1. The maximum Gasteiger partial charge on any atom is 0.336 e. The number of carbonyl (C=O) groups excluding carboxylic acids is 1. The highest BCUT2D eigenvalue weighted by Gasteiger charge is 2.42. The molecule has 2 aromatic carbocycles. The molecular formula is C33H32FN5O3. The van der Waals surface area contributed by atoms with Gasteiger partial charge < -0.3 is 15.4 Å². The number of hydrogen-bond donors (Lipinski definition) is 2. The summed E-state index contributed by atoms with van der Waals surface area (Å²) in [6, 6.07) is 16.6. The van der Waals surface area contributed by atoms with Crippen molar-refractivity contribution in [2.45, 2.75) is 57.4 Å². The van der Waals surface area contributed by atoms with Crippen LogP contribution in [0.25, 0.3) is 16.9 Å². The van der Waals surface area contributed by atoms with E-state index in [1.165, 1.54) is 17.7 Å². The van der Waals surface area contributed by atoms with Crippen LogP contribution >= 0.6 is 0 Å². The molecule has 8 nitrogen and oxygen atoms in total. The van der Waals surface area contributed by atoms with Gasteiger partial charge in [0.2, 0.25) is 0 Å². The van der Waals surface area contributed by atoms with Crippen molar-refractivity contribution in [3.05, 3.63) is 100 Å². The predicted octanol–water partition coefficient (Wildman–Crippen LogP) is 5.94. The third-order valence-electron chi connectivity index (χ3n) is 8.63. The molecule has 0 spiro atoms. The van der Waals surface area contributed by atoms with E-state index in [4.69, 9.17) is 20.6 Å². The van der Waals surface area contributed by atoms with E-state index in [-0.39, 0.29) is 22.9 Å². The molecule has 2 aromatic heterocycles. The fourth-order valence-corrected chi connectivity index (χ4v) is 5.81. The maximum atomic E-state index is 15.3. The molecule has 6 rings (SSSR count). The van der Waals surface area contributed by atoms with Crippen LogP contribution in [0.1, 0.15) is 72.0 Å². The number of carboxylic acids is 1. The van der Waals surface area contributed by atoms with Crippen LogP contribution in [0, 0.1) is 11.2 Å². The van der Waals surface area contributed by atoms with Gasteiger partial charge in [-0.1, -0.05) is 43.3 Å². The smallest absolute Gasteiger partial charge is 0.336 e. The molecule has 1 atom stereocenters. The maximum absolute atomic E-state index is 15.3. The molecule has 0 saturated heterocycles. The lowest BCUT2D eigenvalue weighted by molar-refractivity contribution is -0.132. The van der Waals surface area contributed by atoms with Crippen LogP contribution in [-0.4, -0.2) is 49.2 Å². The molecule has 1 fully saturated rings. The van der Waals surface area contributed by atoms with Gasteiger partial charge in [0.1, 0.15) is 11.5 Å². The largest absolute Gasteiger partial charge is 0.478 e. The summed E-state index contributed by atoms with van der Waals surface area (Å²) in [5.41, 5.74) is 5.45. The first-order valence-electron chi connectivity index (χ1n) is 14.2. The lowest BCUT2D eigenvalue weighted by Crippen LogP contribution is -2.39. The highest BCUT2D eigenvalue weighted by atomic mass is 19.1. The molecule has 0 radical (unpaired) electrons. The van der Waals surface area contributed by atoms with Gasteiger partial charge in [0, 0.05) is 29.8 Å². The number of aromatic nitrogens is 3. The minimum Gasteiger partial charge on any atom is -0.478 e. The number of allylic oxidation sites excluding steroid dienone is 1. The Labute approximate surface area is 243 Å². The van der Waals surface area contributed by atoms with Crippen molar-refractivity contribution in [3.63, 3.8) is 0 Å². The fourth-order valence-electron chi connectivity index (χ4n) is 5.81. The molecule has 1 saturated carbocycles. The quantitative estimate of drug-likeness (QED) is 0.203. The summed E-state index contributed by atoms with van der Waals surface area (Å²) in [4.78, 5) is 31.5. The zero-order valence-corrected chi connectivity index (χ0v) is 23.6. The van der Waals surface area contributed by atoms with Gasteiger partial charge in [0.05, 0.1) is 23.0 Å². The second-order valence-corrected chi connectivity index (χ2v) is 11.5. The van der Waals surface area contributed by atoms with Gasteiger partial charge >= 0.3 is 5.97 Å². The lowest BCUT2D eigenvalue weighted by atomic mass is 9.93. The summed E-state index contributed by atoms with van der Waals surface area (Å²) in [6.07, 6.45) is 5.80. The Kier molecular flexibility index (Phi) is 6.96. The molecule has 1 aliphatic carbocycles. The second kappa shape index (κ2) is 10.6. The minimum absolute atomic E-state index is 0.0650. The standard InChI is InChI=1S/C33H32FN5O3/c1-20-24-9-4-3-7-22(24)12-15-38(20)31(40)28-17-29(33(2)13-14-33)39-30(36-28)18-27(37-39)25-11-10-21(16-26(25)34)6-5-8-23(19-35)32(41)42/h3-4,7-11,16-20,35H,5-6,12-15H2,1-2H3,(H,41,42)/b23-8+,35-19?/t20-/m1/s1. The monoisotopic (exact) mass is 565 g/mol. The molecule has 9 heteroatoms. The van der Waals surface area contributed by atoms with E-state index in [0.717, 1.165) is 36.7 Å². The molecule has 2 N–H and O–H groups in total. The first kappa shape index (κ1) is 27.5. The molecule has 0 bridgehead atoms. The van der Waals surface area contributed by atoms with Crippen LogP contribution in [-0.2, 0) is 23.1 Å². The Hall–Kier alpha value is -4.66. The molecule has 42 heavy (non-hydrogen) atoms. The Morgan fingerprint density at radius 2 is 1.95 bits per heavy atom. The number of benzene rings is 2. The number of nitrogens with zero attached hydrogens (tertiary/aromatic N) is 4. The van der Waals surface area contributed by atoms with Gasteiger partial charge in [-0.3, -0.25) is 4.79 Å². The number of aryl methyl sites for hydroxylation is 1.